The first-order valence-corrected chi connectivity index (χ1v) is 11.0. The number of nitrogens with zero attached hydrogens (tertiary/aromatic N) is 2. The van der Waals surface area contributed by atoms with Crippen molar-refractivity contribution in [2.45, 2.75) is 64.2 Å². The first-order valence-electron chi connectivity index (χ1n) is 11.0. The fourth-order valence-corrected chi connectivity index (χ4v) is 4.88. The van der Waals surface area contributed by atoms with Crippen LogP contribution in [0.2, 0.25) is 0 Å². The third-order valence-corrected chi connectivity index (χ3v) is 6.47. The lowest BCUT2D eigenvalue weighted by Gasteiger charge is -2.30. The summed E-state index contributed by atoms with van der Waals surface area (Å²) in [5.41, 5.74) is 3.53. The zero-order chi connectivity index (χ0) is 20.1. The van der Waals surface area contributed by atoms with Gasteiger partial charge in [0.2, 0.25) is 0 Å². The van der Waals surface area contributed by atoms with E-state index in [0.717, 1.165) is 42.4 Å². The highest BCUT2D eigenvalue weighted by atomic mass is 19.1. The number of hydrogen-bond acceptors (Lipinski definition) is 3. The van der Waals surface area contributed by atoms with Crippen LogP contribution in [-0.2, 0) is 4.79 Å². The summed E-state index contributed by atoms with van der Waals surface area (Å²) in [5, 5.41) is 8.39. The molecule has 1 aromatic rings. The molecule has 1 aromatic carbocycles. The van der Waals surface area contributed by atoms with Gasteiger partial charge in [0.05, 0.1) is 11.9 Å². The van der Waals surface area contributed by atoms with Crippen LogP contribution in [0.1, 0.15) is 64.2 Å². The third kappa shape index (κ3) is 4.98. The molecule has 0 saturated heterocycles. The molecule has 4 heteroatoms. The Morgan fingerprint density at radius 3 is 1.83 bits per heavy atom. The lowest BCUT2D eigenvalue weighted by atomic mass is 9.73. The van der Waals surface area contributed by atoms with Gasteiger partial charge >= 0.3 is 0 Å². The van der Waals surface area contributed by atoms with Gasteiger partial charge in [0.1, 0.15) is 5.82 Å². The second-order valence-corrected chi connectivity index (χ2v) is 8.52. The van der Waals surface area contributed by atoms with E-state index in [2.05, 4.69) is 10.2 Å². The monoisotopic (exact) mass is 392 g/mol. The van der Waals surface area contributed by atoms with Crippen molar-refractivity contribution in [3.63, 3.8) is 0 Å². The van der Waals surface area contributed by atoms with E-state index < -0.39 is 0 Å². The Morgan fingerprint density at radius 2 is 1.31 bits per heavy atom. The molecule has 0 heterocycles. The van der Waals surface area contributed by atoms with E-state index >= 15 is 0 Å². The van der Waals surface area contributed by atoms with E-state index in [-0.39, 0.29) is 11.6 Å². The van der Waals surface area contributed by atoms with E-state index in [1.165, 1.54) is 50.7 Å². The second-order valence-electron chi connectivity index (χ2n) is 8.52. The van der Waals surface area contributed by atoms with Gasteiger partial charge in [-0.05, 0) is 79.5 Å². The minimum Gasteiger partial charge on any atom is -0.289 e. The van der Waals surface area contributed by atoms with Crippen molar-refractivity contribution in [2.24, 2.45) is 22.1 Å². The van der Waals surface area contributed by atoms with Crippen molar-refractivity contribution in [3.05, 3.63) is 65.2 Å². The second kappa shape index (κ2) is 9.43. The average molecular weight is 393 g/mol. The molecule has 3 aliphatic carbocycles. The smallest absolute Gasteiger partial charge is 0.185 e. The number of allylic oxidation sites excluding steroid dienone is 5. The molecule has 0 spiro atoms. The number of azo groups is 1. The van der Waals surface area contributed by atoms with Crippen molar-refractivity contribution in [1.29, 1.82) is 0 Å². The molecule has 0 aromatic heterocycles. The molecule has 2 saturated carbocycles. The Balaban J connectivity index is 1.60. The van der Waals surface area contributed by atoms with E-state index in [9.17, 15) is 9.18 Å². The van der Waals surface area contributed by atoms with Crippen molar-refractivity contribution >= 4 is 11.5 Å². The minimum atomic E-state index is -0.284. The summed E-state index contributed by atoms with van der Waals surface area (Å²) in [6, 6.07) is 5.97. The SMILES string of the molecule is O=C1C(C2CCCCC2)=CC(=CN=Nc2ccc(F)cc2)C=C1C1CCCCC1. The summed E-state index contributed by atoms with van der Waals surface area (Å²) < 4.78 is 13.0. The van der Waals surface area contributed by atoms with Crippen LogP contribution in [0.5, 0.6) is 0 Å². The molecular formula is C25H29FN2O. The lowest BCUT2D eigenvalue weighted by Crippen LogP contribution is -2.25. The van der Waals surface area contributed by atoms with Gasteiger partial charge in [-0.2, -0.15) is 10.2 Å². The first kappa shape index (κ1) is 19.9. The maximum absolute atomic E-state index is 13.3. The number of hydrogen-bond donors (Lipinski definition) is 0. The van der Waals surface area contributed by atoms with Gasteiger partial charge in [0.15, 0.2) is 5.78 Å². The number of carbonyl (C=O) groups excluding carboxylic acids is 1. The van der Waals surface area contributed by atoms with Crippen LogP contribution >= 0.6 is 0 Å². The van der Waals surface area contributed by atoms with Crippen molar-refractivity contribution in [2.75, 3.05) is 0 Å². The molecule has 0 bridgehead atoms. The molecule has 0 aliphatic heterocycles. The van der Waals surface area contributed by atoms with Crippen LogP contribution in [-0.4, -0.2) is 5.78 Å². The molecule has 0 atom stereocenters. The Bertz CT molecular complexity index is 811. The number of benzene rings is 1. The summed E-state index contributed by atoms with van der Waals surface area (Å²) in [4.78, 5) is 13.3. The first-order chi connectivity index (χ1) is 14.2. The Hall–Kier alpha value is -2.36. The van der Waals surface area contributed by atoms with Gasteiger partial charge < -0.3 is 0 Å². The van der Waals surface area contributed by atoms with Gasteiger partial charge in [0, 0.05) is 11.1 Å². The van der Waals surface area contributed by atoms with Gasteiger partial charge in [-0.1, -0.05) is 38.5 Å². The maximum Gasteiger partial charge on any atom is 0.185 e. The Morgan fingerprint density at radius 1 is 0.793 bits per heavy atom. The summed E-state index contributed by atoms with van der Waals surface area (Å²) in [7, 11) is 0. The van der Waals surface area contributed by atoms with E-state index in [4.69, 9.17) is 0 Å². The van der Waals surface area contributed by atoms with Crippen molar-refractivity contribution < 1.29 is 9.18 Å². The van der Waals surface area contributed by atoms with Crippen LogP contribution in [0, 0.1) is 17.7 Å². The normalized spacial score (nSPS) is 22.0. The molecule has 0 radical (unpaired) electrons. The Labute approximate surface area is 172 Å². The highest BCUT2D eigenvalue weighted by Gasteiger charge is 2.31. The zero-order valence-electron chi connectivity index (χ0n) is 16.9. The summed E-state index contributed by atoms with van der Waals surface area (Å²) in [6.45, 7) is 0. The molecule has 29 heavy (non-hydrogen) atoms. The van der Waals surface area contributed by atoms with Crippen LogP contribution in [0.25, 0.3) is 0 Å². The quantitative estimate of drug-likeness (QED) is 0.493. The standard InChI is InChI=1S/C25H29FN2O/c26-21-11-13-22(14-12-21)28-27-17-18-15-23(19-7-3-1-4-8-19)25(29)24(16-18)20-9-5-2-6-10-20/h11-17,19-20H,1-10H2. The Kier molecular flexibility index (Phi) is 6.48. The predicted octanol–water partition coefficient (Wildman–Crippen LogP) is 7.39. The van der Waals surface area contributed by atoms with E-state index in [1.807, 2.05) is 12.2 Å². The van der Waals surface area contributed by atoms with Crippen LogP contribution in [0.3, 0.4) is 0 Å². The molecule has 3 nitrogen and oxygen atoms in total. The molecule has 0 unspecified atom stereocenters. The number of halogens is 1. The number of Topliss-reactive ketones (excluding diaryl/α,β-unsaturated/α-hetero) is 1. The average Bonchev–Trinajstić information content (AvgIpc) is 2.77. The molecular weight excluding hydrogens is 363 g/mol. The number of rotatable bonds is 4. The topological polar surface area (TPSA) is 41.8 Å². The van der Waals surface area contributed by atoms with Gasteiger partial charge in [-0.25, -0.2) is 4.39 Å². The van der Waals surface area contributed by atoms with Gasteiger partial charge in [0.25, 0.3) is 0 Å². The van der Waals surface area contributed by atoms with E-state index in [0.29, 0.717) is 17.5 Å². The molecule has 4 rings (SSSR count). The van der Waals surface area contributed by atoms with Crippen LogP contribution < -0.4 is 0 Å². The van der Waals surface area contributed by atoms with Gasteiger partial charge in [-0.15, -0.1) is 0 Å². The largest absolute Gasteiger partial charge is 0.289 e. The molecule has 3 aliphatic rings. The summed E-state index contributed by atoms with van der Waals surface area (Å²) in [5.74, 6) is 0.742. The number of carbonyl (C=O) groups is 1. The predicted molar refractivity (Wildman–Crippen MR) is 113 cm³/mol. The van der Waals surface area contributed by atoms with E-state index in [1.54, 1.807) is 18.3 Å². The number of ketones is 1. The molecule has 152 valence electrons. The highest BCUT2D eigenvalue weighted by Crippen LogP contribution is 2.39. The maximum atomic E-state index is 13.3. The summed E-state index contributed by atoms with van der Waals surface area (Å²) in [6.07, 6.45) is 17.6. The van der Waals surface area contributed by atoms with Crippen molar-refractivity contribution in [1.82, 2.24) is 0 Å². The lowest BCUT2D eigenvalue weighted by molar-refractivity contribution is -0.113. The molecule has 2 fully saturated rings. The minimum absolute atomic E-state index is 0.274. The van der Waals surface area contributed by atoms with Crippen LogP contribution in [0.15, 0.2) is 69.6 Å². The third-order valence-electron chi connectivity index (χ3n) is 6.47. The van der Waals surface area contributed by atoms with Crippen LogP contribution in [0.4, 0.5) is 10.1 Å². The fourth-order valence-electron chi connectivity index (χ4n) is 4.88. The van der Waals surface area contributed by atoms with Crippen molar-refractivity contribution in [3.8, 4) is 0 Å². The zero-order valence-corrected chi connectivity index (χ0v) is 16.9. The molecule has 0 N–H and O–H groups in total. The molecule has 0 amide bonds. The van der Waals surface area contributed by atoms with Gasteiger partial charge in [-0.3, -0.25) is 4.79 Å². The summed E-state index contributed by atoms with van der Waals surface area (Å²) >= 11 is 0. The fraction of sp³-hybridized carbons (Fsp3) is 0.480. The highest BCUT2D eigenvalue weighted by molar-refractivity contribution is 6.11.